The van der Waals surface area contributed by atoms with E-state index in [1.54, 1.807) is 26.1 Å². The van der Waals surface area contributed by atoms with Crippen molar-refractivity contribution < 1.29 is 8.42 Å². The summed E-state index contributed by atoms with van der Waals surface area (Å²) in [5.41, 5.74) is 2.28. The van der Waals surface area contributed by atoms with Crippen molar-refractivity contribution in [3.63, 3.8) is 0 Å². The molecular formula is C15H21N3O2S. The van der Waals surface area contributed by atoms with Crippen LogP contribution in [0.15, 0.2) is 35.4 Å². The Morgan fingerprint density at radius 1 is 1.24 bits per heavy atom. The van der Waals surface area contributed by atoms with E-state index in [2.05, 4.69) is 16.7 Å². The van der Waals surface area contributed by atoms with E-state index in [0.717, 1.165) is 19.3 Å². The molecule has 0 fully saturated rings. The van der Waals surface area contributed by atoms with E-state index in [1.807, 2.05) is 12.1 Å². The molecule has 0 saturated heterocycles. The van der Waals surface area contributed by atoms with Gasteiger partial charge in [-0.15, -0.1) is 0 Å². The Balaban J connectivity index is 2.15. The van der Waals surface area contributed by atoms with Crippen molar-refractivity contribution in [2.24, 2.45) is 7.05 Å². The number of hydrogen-bond acceptors (Lipinski definition) is 3. The minimum absolute atomic E-state index is 0.208. The number of anilines is 1. The zero-order valence-electron chi connectivity index (χ0n) is 12.6. The van der Waals surface area contributed by atoms with Crippen LogP contribution in [-0.2, 0) is 23.5 Å². The Kier molecular flexibility index (Phi) is 4.67. The van der Waals surface area contributed by atoms with E-state index in [0.29, 0.717) is 11.4 Å². The first-order valence-corrected chi connectivity index (χ1v) is 8.52. The molecule has 21 heavy (non-hydrogen) atoms. The Labute approximate surface area is 126 Å². The molecule has 0 atom stereocenters. The van der Waals surface area contributed by atoms with E-state index < -0.39 is 10.0 Å². The number of nitrogens with zero attached hydrogens (tertiary/aromatic N) is 2. The molecule has 0 aliphatic heterocycles. The third-order valence-corrected chi connectivity index (χ3v) is 4.77. The summed E-state index contributed by atoms with van der Waals surface area (Å²) in [6, 6.07) is 7.52. The van der Waals surface area contributed by atoms with Crippen LogP contribution in [-0.4, -0.2) is 18.2 Å². The average Bonchev–Trinajstić information content (AvgIpc) is 2.77. The van der Waals surface area contributed by atoms with Gasteiger partial charge >= 0.3 is 0 Å². The maximum absolute atomic E-state index is 12.3. The summed E-state index contributed by atoms with van der Waals surface area (Å²) in [5, 5.41) is 4.06. The maximum atomic E-state index is 12.3. The van der Waals surface area contributed by atoms with Gasteiger partial charge in [0, 0.05) is 18.9 Å². The van der Waals surface area contributed by atoms with Crippen molar-refractivity contribution in [2.75, 3.05) is 4.72 Å². The summed E-state index contributed by atoms with van der Waals surface area (Å²) in [7, 11) is -1.88. The van der Waals surface area contributed by atoms with Gasteiger partial charge < -0.3 is 0 Å². The van der Waals surface area contributed by atoms with Crippen LogP contribution in [0.4, 0.5) is 5.69 Å². The molecule has 1 aromatic heterocycles. The Morgan fingerprint density at radius 3 is 2.43 bits per heavy atom. The molecular weight excluding hydrogens is 286 g/mol. The quantitative estimate of drug-likeness (QED) is 0.892. The smallest absolute Gasteiger partial charge is 0.265 e. The van der Waals surface area contributed by atoms with Crippen LogP contribution in [0.3, 0.4) is 0 Å². The zero-order chi connectivity index (χ0) is 15.5. The normalized spacial score (nSPS) is 11.6. The van der Waals surface area contributed by atoms with Gasteiger partial charge in [0.15, 0.2) is 0 Å². The molecule has 0 bridgehead atoms. The monoisotopic (exact) mass is 307 g/mol. The van der Waals surface area contributed by atoms with Crippen LogP contribution < -0.4 is 4.72 Å². The van der Waals surface area contributed by atoms with Crippen LogP contribution in [0.2, 0.25) is 0 Å². The highest BCUT2D eigenvalue weighted by molar-refractivity contribution is 7.92. The lowest BCUT2D eigenvalue weighted by molar-refractivity contribution is 0.600. The molecule has 5 nitrogen and oxygen atoms in total. The average molecular weight is 307 g/mol. The van der Waals surface area contributed by atoms with Gasteiger partial charge in [0.2, 0.25) is 0 Å². The van der Waals surface area contributed by atoms with Gasteiger partial charge in [0.1, 0.15) is 4.90 Å². The van der Waals surface area contributed by atoms with E-state index in [9.17, 15) is 8.42 Å². The van der Waals surface area contributed by atoms with Crippen LogP contribution in [0.1, 0.15) is 31.0 Å². The van der Waals surface area contributed by atoms with Crippen LogP contribution in [0, 0.1) is 6.92 Å². The van der Waals surface area contributed by atoms with E-state index >= 15 is 0 Å². The fourth-order valence-corrected chi connectivity index (χ4v) is 3.45. The number of unbranched alkanes of at least 4 members (excludes halogenated alkanes) is 1. The standard InChI is InChI=1S/C15H21N3O2S/c1-4-5-6-13-7-9-14(10-8-13)17-21(19,20)15-11-18(3)16-12(15)2/h7-11,17H,4-6H2,1-3H3. The number of rotatable bonds is 6. The highest BCUT2D eigenvalue weighted by atomic mass is 32.2. The minimum atomic E-state index is -3.59. The molecule has 6 heteroatoms. The number of hydrogen-bond donors (Lipinski definition) is 1. The van der Waals surface area contributed by atoms with Crippen molar-refractivity contribution >= 4 is 15.7 Å². The first-order chi connectivity index (χ1) is 9.92. The molecule has 0 amide bonds. The lowest BCUT2D eigenvalue weighted by atomic mass is 10.1. The Morgan fingerprint density at radius 2 is 1.90 bits per heavy atom. The Hall–Kier alpha value is -1.82. The van der Waals surface area contributed by atoms with Crippen molar-refractivity contribution in [1.82, 2.24) is 9.78 Å². The highest BCUT2D eigenvalue weighted by Gasteiger charge is 2.19. The minimum Gasteiger partial charge on any atom is -0.280 e. The van der Waals surface area contributed by atoms with Crippen LogP contribution >= 0.6 is 0 Å². The molecule has 1 N–H and O–H groups in total. The van der Waals surface area contributed by atoms with Gasteiger partial charge in [-0.3, -0.25) is 9.40 Å². The van der Waals surface area contributed by atoms with Gasteiger partial charge in [0.25, 0.3) is 10.0 Å². The molecule has 2 aromatic rings. The third-order valence-electron chi connectivity index (χ3n) is 3.28. The molecule has 114 valence electrons. The molecule has 0 aliphatic rings. The molecule has 0 spiro atoms. The first-order valence-electron chi connectivity index (χ1n) is 7.04. The number of benzene rings is 1. The third kappa shape index (κ3) is 3.85. The SMILES string of the molecule is CCCCc1ccc(NS(=O)(=O)c2cn(C)nc2C)cc1. The molecule has 0 aliphatic carbocycles. The Bertz CT molecular complexity index is 703. The summed E-state index contributed by atoms with van der Waals surface area (Å²) in [6.45, 7) is 3.83. The van der Waals surface area contributed by atoms with E-state index in [1.165, 1.54) is 16.4 Å². The highest BCUT2D eigenvalue weighted by Crippen LogP contribution is 2.19. The van der Waals surface area contributed by atoms with Crippen molar-refractivity contribution in [1.29, 1.82) is 0 Å². The van der Waals surface area contributed by atoms with Gasteiger partial charge in [-0.05, 0) is 37.5 Å². The molecule has 1 heterocycles. The summed E-state index contributed by atoms with van der Waals surface area (Å²) >= 11 is 0. The fraction of sp³-hybridized carbons (Fsp3) is 0.400. The van der Waals surface area contributed by atoms with Crippen molar-refractivity contribution in [2.45, 2.75) is 38.0 Å². The lowest BCUT2D eigenvalue weighted by Crippen LogP contribution is -2.13. The topological polar surface area (TPSA) is 64.0 Å². The molecule has 2 rings (SSSR count). The van der Waals surface area contributed by atoms with Gasteiger partial charge in [-0.1, -0.05) is 25.5 Å². The lowest BCUT2D eigenvalue weighted by Gasteiger charge is -2.08. The summed E-state index contributed by atoms with van der Waals surface area (Å²) in [4.78, 5) is 0.208. The fourth-order valence-electron chi connectivity index (χ4n) is 2.17. The van der Waals surface area contributed by atoms with E-state index in [4.69, 9.17) is 0 Å². The predicted octanol–water partition coefficient (Wildman–Crippen LogP) is 2.87. The molecule has 0 saturated carbocycles. The van der Waals surface area contributed by atoms with Crippen LogP contribution in [0.25, 0.3) is 0 Å². The summed E-state index contributed by atoms with van der Waals surface area (Å²) in [5.74, 6) is 0. The molecule has 1 aromatic carbocycles. The second-order valence-corrected chi connectivity index (χ2v) is 6.81. The number of aromatic nitrogens is 2. The zero-order valence-corrected chi connectivity index (χ0v) is 13.4. The van der Waals surface area contributed by atoms with Gasteiger partial charge in [-0.25, -0.2) is 8.42 Å². The predicted molar refractivity (Wildman–Crippen MR) is 83.8 cm³/mol. The number of sulfonamides is 1. The van der Waals surface area contributed by atoms with Crippen LogP contribution in [0.5, 0.6) is 0 Å². The number of aryl methyl sites for hydroxylation is 3. The molecule has 0 radical (unpaired) electrons. The molecule has 0 unspecified atom stereocenters. The van der Waals surface area contributed by atoms with Crippen molar-refractivity contribution in [3.8, 4) is 0 Å². The van der Waals surface area contributed by atoms with Gasteiger partial charge in [0.05, 0.1) is 5.69 Å². The second-order valence-electron chi connectivity index (χ2n) is 5.16. The van der Waals surface area contributed by atoms with E-state index in [-0.39, 0.29) is 4.90 Å². The summed E-state index contributed by atoms with van der Waals surface area (Å²) < 4.78 is 28.7. The summed E-state index contributed by atoms with van der Waals surface area (Å²) in [6.07, 6.45) is 4.81. The largest absolute Gasteiger partial charge is 0.280 e. The van der Waals surface area contributed by atoms with Crippen molar-refractivity contribution in [3.05, 3.63) is 41.7 Å². The second kappa shape index (κ2) is 6.30. The first kappa shape index (κ1) is 15.6. The number of nitrogens with one attached hydrogen (secondary N) is 1. The maximum Gasteiger partial charge on any atom is 0.265 e. The van der Waals surface area contributed by atoms with Gasteiger partial charge in [-0.2, -0.15) is 5.10 Å².